The molecule has 6 aromatic rings. The fourth-order valence-corrected chi connectivity index (χ4v) is 22.5. The zero-order valence-corrected chi connectivity index (χ0v) is 38.9. The van der Waals surface area contributed by atoms with Crippen LogP contribution < -0.4 is 5.30 Å². The molecular formula is C57H56IrNOP-2. The summed E-state index contributed by atoms with van der Waals surface area (Å²) >= 11 is 0. The molecule has 0 spiro atoms. The normalized spacial score (nSPS) is 35.9. The molecule has 4 heteroatoms. The molecule has 11 aliphatic rings. The summed E-state index contributed by atoms with van der Waals surface area (Å²) in [7, 11) is -2.53. The van der Waals surface area contributed by atoms with E-state index in [1.54, 1.807) is 0 Å². The van der Waals surface area contributed by atoms with Crippen molar-refractivity contribution < 1.29 is 24.7 Å². The minimum Gasteiger partial charge on any atom is -0.320 e. The summed E-state index contributed by atoms with van der Waals surface area (Å²) in [6.45, 7) is 4.77. The van der Waals surface area contributed by atoms with Gasteiger partial charge in [-0.25, -0.2) is 0 Å². The molecule has 61 heavy (non-hydrogen) atoms. The number of aromatic nitrogens is 1. The second-order valence-corrected chi connectivity index (χ2v) is 25.1. The van der Waals surface area contributed by atoms with Gasteiger partial charge in [0.2, 0.25) is 0 Å². The summed E-state index contributed by atoms with van der Waals surface area (Å²) in [6, 6.07) is 48.9. The Morgan fingerprint density at radius 3 is 1.49 bits per heavy atom. The van der Waals surface area contributed by atoms with Crippen molar-refractivity contribution in [1.29, 1.82) is 0 Å². The average molecular weight is 994 g/mol. The summed E-state index contributed by atoms with van der Waals surface area (Å²) in [6.07, 6.45) is 18.2. The van der Waals surface area contributed by atoms with Crippen LogP contribution in [0.5, 0.6) is 0 Å². The Balaban J connectivity index is 0.000000130. The molecule has 1 heterocycles. The summed E-state index contributed by atoms with van der Waals surface area (Å²) < 4.78 is 15.9. The Morgan fingerprint density at radius 1 is 0.541 bits per heavy atom. The van der Waals surface area contributed by atoms with Crippen molar-refractivity contribution in [1.82, 2.24) is 4.98 Å². The maximum absolute atomic E-state index is 15.9. The Kier molecular flexibility index (Phi) is 8.76. The maximum Gasteiger partial charge on any atom is 0.104 e. The molecule has 0 atom stereocenters. The van der Waals surface area contributed by atoms with E-state index in [9.17, 15) is 0 Å². The van der Waals surface area contributed by atoms with Gasteiger partial charge in [-0.15, -0.1) is 40.2 Å². The number of fused-ring (bicyclic) bond motifs is 1. The number of nitrogens with zero attached hydrogens (tertiary/aromatic N) is 1. The number of pyridine rings is 1. The molecule has 0 saturated heterocycles. The monoisotopic (exact) mass is 994 g/mol. The van der Waals surface area contributed by atoms with Crippen LogP contribution in [0.3, 0.4) is 0 Å². The molecule has 10 bridgehead atoms. The molecular weight excluding hydrogens is 938 g/mol. The minimum absolute atomic E-state index is 0. The van der Waals surface area contributed by atoms with Crippen molar-refractivity contribution in [2.24, 2.45) is 35.5 Å². The third kappa shape index (κ3) is 5.24. The summed E-state index contributed by atoms with van der Waals surface area (Å²) in [5.41, 5.74) is 10.1. The molecule has 8 fully saturated rings. The van der Waals surface area contributed by atoms with E-state index in [-0.39, 0.29) is 41.2 Å². The largest absolute Gasteiger partial charge is 0.320 e. The van der Waals surface area contributed by atoms with Crippen molar-refractivity contribution >= 4 is 23.2 Å². The van der Waals surface area contributed by atoms with Gasteiger partial charge in [0.1, 0.15) is 7.14 Å². The van der Waals surface area contributed by atoms with Crippen molar-refractivity contribution in [3.8, 4) is 11.3 Å². The van der Waals surface area contributed by atoms with Crippen molar-refractivity contribution in [2.75, 3.05) is 0 Å². The Bertz CT molecular complexity index is 2600. The minimum atomic E-state index is -2.53. The fraction of sp³-hybridized carbons (Fsp3) is 0.421. The van der Waals surface area contributed by atoms with Crippen LogP contribution in [0.2, 0.25) is 0 Å². The van der Waals surface area contributed by atoms with Gasteiger partial charge in [0.25, 0.3) is 0 Å². The van der Waals surface area contributed by atoms with Crippen molar-refractivity contribution in [2.45, 2.75) is 112 Å². The summed E-state index contributed by atoms with van der Waals surface area (Å²) in [5, 5.41) is 3.80. The molecule has 0 amide bonds. The zero-order valence-electron chi connectivity index (χ0n) is 35.6. The second kappa shape index (κ2) is 13.7. The number of hydrogen-bond donors (Lipinski definition) is 0. The standard InChI is InChI=1S/C31H22N.C26H34OP.Ir/c1-30-23-11-5-7-13-25(23)31(2,26-14-8-6-12-24(26)30)28-19-21(15-16-27(28)30)29-22-10-4-3-9-20(22)17-18-32-29;27-28(24-4-2-1-3-5-24,25-12-18-6-19(13-25)8-20(7-18)14-25)26-15-21-9-22(16-26)11-23(10-21)17-26;/h3-14,16-19H,1-2H3;1-4,18-23H,6-17H2;/q2*-1;. The van der Waals surface area contributed by atoms with E-state index in [0.717, 1.165) is 46.8 Å². The first-order chi connectivity index (χ1) is 29.2. The van der Waals surface area contributed by atoms with Gasteiger partial charge in [-0.05, 0) is 164 Å². The van der Waals surface area contributed by atoms with Crippen LogP contribution in [0.25, 0.3) is 22.0 Å². The summed E-state index contributed by atoms with van der Waals surface area (Å²) in [4.78, 5) is 4.79. The predicted molar refractivity (Wildman–Crippen MR) is 244 cm³/mol. The van der Waals surface area contributed by atoms with E-state index in [2.05, 4.69) is 141 Å². The first-order valence-electron chi connectivity index (χ1n) is 23.4. The molecule has 0 N–H and O–H groups in total. The van der Waals surface area contributed by atoms with Gasteiger partial charge in [0, 0.05) is 47.4 Å². The first kappa shape index (κ1) is 39.0. The first-order valence-corrected chi connectivity index (χ1v) is 25.1. The molecule has 0 unspecified atom stereocenters. The van der Waals surface area contributed by atoms with Crippen LogP contribution in [-0.4, -0.2) is 15.3 Å². The Labute approximate surface area is 376 Å². The average Bonchev–Trinajstić information content (AvgIpc) is 3.27. The van der Waals surface area contributed by atoms with Crippen LogP contribution in [0.15, 0.2) is 121 Å². The molecule has 311 valence electrons. The van der Waals surface area contributed by atoms with Gasteiger partial charge in [0.15, 0.2) is 0 Å². The number of rotatable bonds is 4. The van der Waals surface area contributed by atoms with Gasteiger partial charge in [-0.2, -0.15) is 30.3 Å². The molecule has 8 saturated carbocycles. The zero-order chi connectivity index (χ0) is 40.1. The van der Waals surface area contributed by atoms with Gasteiger partial charge < -0.3 is 9.55 Å². The Hall–Kier alpha value is -3.61. The van der Waals surface area contributed by atoms with E-state index >= 15 is 4.57 Å². The SMILES string of the molecule is CC12c3c[c-]c(-c4nccc5ccccc45)cc3C(C)(c3ccccc31)c1ccccc12.O=P(c1[c-]cccc1)(C12CC3CC(CC(C3)C1)C2)C12CC3CC(CC(C3)C1)C2.[Ir]. The van der Waals surface area contributed by atoms with Crippen LogP contribution in [-0.2, 0) is 35.5 Å². The summed E-state index contributed by atoms with van der Waals surface area (Å²) in [5.74, 6) is 5.23. The van der Waals surface area contributed by atoms with Crippen LogP contribution in [0.1, 0.15) is 124 Å². The third-order valence-corrected chi connectivity index (χ3v) is 23.1. The third-order valence-electron chi connectivity index (χ3n) is 18.3. The number of benzene rings is 5. The molecule has 0 aliphatic heterocycles. The Morgan fingerprint density at radius 2 is 1.00 bits per heavy atom. The topological polar surface area (TPSA) is 30.0 Å². The fourth-order valence-electron chi connectivity index (χ4n) is 16.9. The second-order valence-electron chi connectivity index (χ2n) is 21.5. The van der Waals surface area contributed by atoms with Gasteiger partial charge in [-0.3, -0.25) is 0 Å². The predicted octanol–water partition coefficient (Wildman–Crippen LogP) is 13.4. The molecule has 1 aromatic heterocycles. The van der Waals surface area contributed by atoms with E-state index in [1.807, 2.05) is 6.20 Å². The molecule has 2 nitrogen and oxygen atoms in total. The van der Waals surface area contributed by atoms with Crippen LogP contribution in [0.4, 0.5) is 0 Å². The number of hydrogen-bond acceptors (Lipinski definition) is 2. The molecule has 11 aliphatic carbocycles. The van der Waals surface area contributed by atoms with Crippen molar-refractivity contribution in [3.05, 3.63) is 167 Å². The van der Waals surface area contributed by atoms with Crippen LogP contribution >= 0.6 is 7.14 Å². The molecule has 5 aromatic carbocycles. The molecule has 1 radical (unpaired) electrons. The van der Waals surface area contributed by atoms with E-state index in [0.29, 0.717) is 0 Å². The van der Waals surface area contributed by atoms with Gasteiger partial charge in [0.05, 0.1) is 0 Å². The smallest absolute Gasteiger partial charge is 0.104 e. The van der Waals surface area contributed by atoms with E-state index in [1.165, 1.54) is 127 Å². The van der Waals surface area contributed by atoms with Gasteiger partial charge in [-0.1, -0.05) is 79.7 Å². The molecule has 17 rings (SSSR count). The maximum atomic E-state index is 15.9. The van der Waals surface area contributed by atoms with Crippen molar-refractivity contribution in [3.63, 3.8) is 0 Å². The van der Waals surface area contributed by atoms with E-state index < -0.39 is 7.14 Å². The van der Waals surface area contributed by atoms with E-state index in [4.69, 9.17) is 4.98 Å². The quantitative estimate of drug-likeness (QED) is 0.130. The van der Waals surface area contributed by atoms with Gasteiger partial charge >= 0.3 is 0 Å². The van der Waals surface area contributed by atoms with Crippen LogP contribution in [0, 0.1) is 47.6 Å².